The van der Waals surface area contributed by atoms with E-state index in [-0.39, 0.29) is 5.91 Å². The molecule has 0 saturated heterocycles. The second-order valence-corrected chi connectivity index (χ2v) is 4.08. The second kappa shape index (κ2) is 7.95. The van der Waals surface area contributed by atoms with Crippen LogP contribution in [0.5, 0.6) is 5.75 Å². The minimum atomic E-state index is -0.0460. The molecule has 0 unspecified atom stereocenters. The van der Waals surface area contributed by atoms with Gasteiger partial charge in [-0.05, 0) is 24.3 Å². The third-order valence-electron chi connectivity index (χ3n) is 2.54. The molecule has 5 heteroatoms. The van der Waals surface area contributed by atoms with Crippen molar-refractivity contribution in [2.24, 2.45) is 0 Å². The molecule has 1 rings (SSSR count). The number of methoxy groups -OCH3 is 2. The molecule has 0 fully saturated rings. The highest BCUT2D eigenvalue weighted by Gasteiger charge is 2.14. The van der Waals surface area contributed by atoms with Crippen molar-refractivity contribution < 1.29 is 14.3 Å². The zero-order valence-electron chi connectivity index (χ0n) is 10.7. The molecule has 1 aromatic rings. The van der Waals surface area contributed by atoms with Crippen LogP contribution in [-0.2, 0) is 4.74 Å². The molecular formula is C13H18ClNO3. The molecular weight excluding hydrogens is 254 g/mol. The molecule has 0 bridgehead atoms. The lowest BCUT2D eigenvalue weighted by Gasteiger charge is -2.21. The molecule has 0 radical (unpaired) electrons. The van der Waals surface area contributed by atoms with E-state index in [1.165, 1.54) is 0 Å². The number of carbonyl (C=O) groups excluding carboxylic acids is 1. The molecule has 0 aliphatic rings. The number of ether oxygens (including phenoxy) is 2. The molecule has 0 spiro atoms. The number of alkyl halides is 1. The number of nitrogens with zero attached hydrogens (tertiary/aromatic N) is 1. The SMILES string of the molecule is COCCN(CCCl)C(=O)c1ccc(OC)cc1. The lowest BCUT2D eigenvalue weighted by Crippen LogP contribution is -2.35. The van der Waals surface area contributed by atoms with Crippen LogP contribution in [0.3, 0.4) is 0 Å². The van der Waals surface area contributed by atoms with E-state index < -0.39 is 0 Å². The average molecular weight is 272 g/mol. The van der Waals surface area contributed by atoms with Crippen LogP contribution in [0.1, 0.15) is 10.4 Å². The summed E-state index contributed by atoms with van der Waals surface area (Å²) in [6, 6.07) is 7.02. The Bertz CT molecular complexity index is 367. The standard InChI is InChI=1S/C13H18ClNO3/c1-17-10-9-15(8-7-14)13(16)11-3-5-12(18-2)6-4-11/h3-6H,7-10H2,1-2H3. The van der Waals surface area contributed by atoms with Crippen molar-refractivity contribution >= 4 is 17.5 Å². The largest absolute Gasteiger partial charge is 0.497 e. The first kappa shape index (κ1) is 14.8. The second-order valence-electron chi connectivity index (χ2n) is 3.70. The van der Waals surface area contributed by atoms with Crippen LogP contribution in [0.15, 0.2) is 24.3 Å². The minimum Gasteiger partial charge on any atom is -0.497 e. The molecule has 0 aliphatic carbocycles. The summed E-state index contributed by atoms with van der Waals surface area (Å²) in [5.74, 6) is 1.09. The Morgan fingerprint density at radius 1 is 1.22 bits per heavy atom. The lowest BCUT2D eigenvalue weighted by molar-refractivity contribution is 0.0708. The fraction of sp³-hybridized carbons (Fsp3) is 0.462. The van der Waals surface area contributed by atoms with Gasteiger partial charge in [-0.1, -0.05) is 0 Å². The van der Waals surface area contributed by atoms with Crippen LogP contribution in [0.2, 0.25) is 0 Å². The van der Waals surface area contributed by atoms with Crippen LogP contribution in [0.4, 0.5) is 0 Å². The third kappa shape index (κ3) is 4.20. The van der Waals surface area contributed by atoms with E-state index in [9.17, 15) is 4.79 Å². The van der Waals surface area contributed by atoms with Gasteiger partial charge in [0.15, 0.2) is 0 Å². The quantitative estimate of drug-likeness (QED) is 0.712. The predicted molar refractivity (Wildman–Crippen MR) is 71.5 cm³/mol. The molecule has 0 aliphatic heterocycles. The van der Waals surface area contributed by atoms with Crippen molar-refractivity contribution in [1.82, 2.24) is 4.90 Å². The molecule has 1 aromatic carbocycles. The van der Waals surface area contributed by atoms with Crippen LogP contribution in [-0.4, -0.2) is 50.6 Å². The van der Waals surface area contributed by atoms with Crippen molar-refractivity contribution in [3.8, 4) is 5.75 Å². The number of benzene rings is 1. The summed E-state index contributed by atoms with van der Waals surface area (Å²) >= 11 is 5.70. The van der Waals surface area contributed by atoms with E-state index in [0.29, 0.717) is 31.1 Å². The molecule has 0 saturated carbocycles. The van der Waals surface area contributed by atoms with Crippen LogP contribution < -0.4 is 4.74 Å². The van der Waals surface area contributed by atoms with Gasteiger partial charge in [0.25, 0.3) is 5.91 Å². The molecule has 1 amide bonds. The molecule has 0 heterocycles. The first-order valence-corrected chi connectivity index (χ1v) is 6.24. The maximum absolute atomic E-state index is 12.2. The van der Waals surface area contributed by atoms with Gasteiger partial charge in [-0.3, -0.25) is 4.79 Å². The van der Waals surface area contributed by atoms with Crippen molar-refractivity contribution in [3.05, 3.63) is 29.8 Å². The highest BCUT2D eigenvalue weighted by Crippen LogP contribution is 2.13. The lowest BCUT2D eigenvalue weighted by atomic mass is 10.2. The molecule has 18 heavy (non-hydrogen) atoms. The maximum atomic E-state index is 12.2. The van der Waals surface area contributed by atoms with Crippen molar-refractivity contribution in [3.63, 3.8) is 0 Å². The molecule has 0 atom stereocenters. The normalized spacial score (nSPS) is 10.2. The van der Waals surface area contributed by atoms with Crippen LogP contribution >= 0.6 is 11.6 Å². The summed E-state index contributed by atoms with van der Waals surface area (Å²) in [5, 5.41) is 0. The first-order valence-electron chi connectivity index (χ1n) is 5.71. The summed E-state index contributed by atoms with van der Waals surface area (Å²) in [6.07, 6.45) is 0. The first-order chi connectivity index (χ1) is 8.72. The van der Waals surface area contributed by atoms with E-state index in [2.05, 4.69) is 0 Å². The van der Waals surface area contributed by atoms with Gasteiger partial charge in [0.2, 0.25) is 0 Å². The molecule has 0 aromatic heterocycles. The summed E-state index contributed by atoms with van der Waals surface area (Å²) in [7, 11) is 3.20. The molecule has 100 valence electrons. The Hall–Kier alpha value is -1.26. The Balaban J connectivity index is 2.73. The fourth-order valence-corrected chi connectivity index (χ4v) is 1.74. The van der Waals surface area contributed by atoms with Crippen molar-refractivity contribution in [2.75, 3.05) is 39.8 Å². The number of hydrogen-bond acceptors (Lipinski definition) is 3. The molecule has 4 nitrogen and oxygen atoms in total. The van der Waals surface area contributed by atoms with Gasteiger partial charge in [-0.15, -0.1) is 11.6 Å². The van der Waals surface area contributed by atoms with Gasteiger partial charge in [0.1, 0.15) is 5.75 Å². The number of halogens is 1. The predicted octanol–water partition coefficient (Wildman–Crippen LogP) is 2.02. The summed E-state index contributed by atoms with van der Waals surface area (Å²) in [4.78, 5) is 13.9. The number of rotatable bonds is 7. The van der Waals surface area contributed by atoms with Gasteiger partial charge < -0.3 is 14.4 Å². The van der Waals surface area contributed by atoms with Crippen molar-refractivity contribution in [1.29, 1.82) is 0 Å². The van der Waals surface area contributed by atoms with E-state index >= 15 is 0 Å². The Labute approximate surface area is 112 Å². The third-order valence-corrected chi connectivity index (χ3v) is 2.71. The Kier molecular flexibility index (Phi) is 6.54. The summed E-state index contributed by atoms with van der Waals surface area (Å²) in [5.41, 5.74) is 0.622. The monoisotopic (exact) mass is 271 g/mol. The number of hydrogen-bond donors (Lipinski definition) is 0. The van der Waals surface area contributed by atoms with Gasteiger partial charge in [-0.2, -0.15) is 0 Å². The fourth-order valence-electron chi connectivity index (χ4n) is 1.53. The highest BCUT2D eigenvalue weighted by atomic mass is 35.5. The van der Waals surface area contributed by atoms with E-state index in [0.717, 1.165) is 5.75 Å². The maximum Gasteiger partial charge on any atom is 0.253 e. The number of carbonyl (C=O) groups is 1. The van der Waals surface area contributed by atoms with Crippen LogP contribution in [0, 0.1) is 0 Å². The van der Waals surface area contributed by atoms with E-state index in [1.807, 2.05) is 0 Å². The summed E-state index contributed by atoms with van der Waals surface area (Å²) in [6.45, 7) is 1.54. The average Bonchev–Trinajstić information content (AvgIpc) is 2.43. The zero-order valence-corrected chi connectivity index (χ0v) is 11.4. The Morgan fingerprint density at radius 2 is 1.89 bits per heavy atom. The zero-order chi connectivity index (χ0) is 13.4. The topological polar surface area (TPSA) is 38.8 Å². The highest BCUT2D eigenvalue weighted by molar-refractivity contribution is 6.18. The van der Waals surface area contributed by atoms with E-state index in [1.54, 1.807) is 43.4 Å². The number of amides is 1. The van der Waals surface area contributed by atoms with Crippen molar-refractivity contribution in [2.45, 2.75) is 0 Å². The van der Waals surface area contributed by atoms with Gasteiger partial charge in [0, 0.05) is 31.6 Å². The van der Waals surface area contributed by atoms with Gasteiger partial charge in [0.05, 0.1) is 13.7 Å². The summed E-state index contributed by atoms with van der Waals surface area (Å²) < 4.78 is 10.0. The van der Waals surface area contributed by atoms with E-state index in [4.69, 9.17) is 21.1 Å². The smallest absolute Gasteiger partial charge is 0.253 e. The van der Waals surface area contributed by atoms with Gasteiger partial charge in [-0.25, -0.2) is 0 Å². The van der Waals surface area contributed by atoms with Crippen LogP contribution in [0.25, 0.3) is 0 Å². The minimum absolute atomic E-state index is 0.0460. The molecule has 0 N–H and O–H groups in total. The van der Waals surface area contributed by atoms with Gasteiger partial charge >= 0.3 is 0 Å². The Morgan fingerprint density at radius 3 is 2.39 bits per heavy atom.